The Morgan fingerprint density at radius 3 is 3.11 bits per heavy atom. The zero-order valence-electron chi connectivity index (χ0n) is 10.6. The van der Waals surface area contributed by atoms with Crippen molar-refractivity contribution in [2.75, 3.05) is 6.61 Å². The van der Waals surface area contributed by atoms with Gasteiger partial charge in [-0.2, -0.15) is 5.26 Å². The molecule has 0 saturated heterocycles. The van der Waals surface area contributed by atoms with Crippen LogP contribution in [0, 0.1) is 11.3 Å². The van der Waals surface area contributed by atoms with Gasteiger partial charge >= 0.3 is 0 Å². The highest BCUT2D eigenvalue weighted by Crippen LogP contribution is 2.32. The van der Waals surface area contributed by atoms with Crippen molar-refractivity contribution in [2.24, 2.45) is 0 Å². The van der Waals surface area contributed by atoms with Gasteiger partial charge < -0.3 is 9.84 Å². The molecular weight excluding hydrogens is 226 g/mol. The lowest BCUT2D eigenvalue weighted by Crippen LogP contribution is -2.09. The van der Waals surface area contributed by atoms with Crippen LogP contribution in [0.2, 0.25) is 0 Å². The maximum Gasteiger partial charge on any atom is 0.119 e. The van der Waals surface area contributed by atoms with E-state index in [1.165, 1.54) is 5.56 Å². The maximum absolute atomic E-state index is 9.94. The van der Waals surface area contributed by atoms with Gasteiger partial charge in [0.2, 0.25) is 0 Å². The number of aliphatic hydroxyl groups is 1. The number of unbranched alkanes of at least 4 members (excludes halogenated alkanes) is 2. The first kappa shape index (κ1) is 12.9. The highest BCUT2D eigenvalue weighted by atomic mass is 16.5. The number of rotatable bonds is 5. The second-order valence-electron chi connectivity index (χ2n) is 4.73. The molecule has 0 bridgehead atoms. The SMILES string of the molecule is N#CCCCCOc1ccc2c(c1)[C@H](O)CCC2. The van der Waals surface area contributed by atoms with E-state index in [9.17, 15) is 5.11 Å². The van der Waals surface area contributed by atoms with Crippen LogP contribution in [-0.4, -0.2) is 11.7 Å². The Kier molecular flexibility index (Phi) is 4.60. The molecule has 1 N–H and O–H groups in total. The third-order valence-electron chi connectivity index (χ3n) is 3.35. The van der Waals surface area contributed by atoms with E-state index >= 15 is 0 Å². The van der Waals surface area contributed by atoms with E-state index in [-0.39, 0.29) is 6.10 Å². The lowest BCUT2D eigenvalue weighted by Gasteiger charge is -2.21. The van der Waals surface area contributed by atoms with Gasteiger partial charge in [0.05, 0.1) is 18.8 Å². The summed E-state index contributed by atoms with van der Waals surface area (Å²) >= 11 is 0. The van der Waals surface area contributed by atoms with Crippen LogP contribution >= 0.6 is 0 Å². The average Bonchev–Trinajstić information content (AvgIpc) is 2.39. The lowest BCUT2D eigenvalue weighted by atomic mass is 9.89. The fourth-order valence-electron chi connectivity index (χ4n) is 2.34. The molecule has 2 rings (SSSR count). The largest absolute Gasteiger partial charge is 0.494 e. The minimum absolute atomic E-state index is 0.337. The van der Waals surface area contributed by atoms with Crippen molar-refractivity contribution in [3.05, 3.63) is 29.3 Å². The molecule has 1 aromatic rings. The molecule has 3 nitrogen and oxygen atoms in total. The van der Waals surface area contributed by atoms with Crippen LogP contribution in [0.3, 0.4) is 0 Å². The number of nitrogens with zero attached hydrogens (tertiary/aromatic N) is 1. The van der Waals surface area contributed by atoms with E-state index in [0.717, 1.165) is 43.4 Å². The number of fused-ring (bicyclic) bond motifs is 1. The van der Waals surface area contributed by atoms with Gasteiger partial charge in [-0.25, -0.2) is 0 Å². The smallest absolute Gasteiger partial charge is 0.119 e. The number of nitriles is 1. The topological polar surface area (TPSA) is 53.2 Å². The first-order valence-electron chi connectivity index (χ1n) is 6.62. The molecule has 0 fully saturated rings. The summed E-state index contributed by atoms with van der Waals surface area (Å²) in [6.45, 7) is 0.635. The van der Waals surface area contributed by atoms with Gasteiger partial charge in [0, 0.05) is 6.42 Å². The van der Waals surface area contributed by atoms with Gasteiger partial charge in [-0.15, -0.1) is 0 Å². The Bertz CT molecular complexity index is 437. The molecule has 1 aliphatic rings. The standard InChI is InChI=1S/C15H19NO2/c16-9-2-1-3-10-18-13-8-7-12-5-4-6-15(17)14(12)11-13/h7-8,11,15,17H,1-6,10H2/t15-/m1/s1. The van der Waals surface area contributed by atoms with E-state index in [0.29, 0.717) is 13.0 Å². The molecule has 0 radical (unpaired) electrons. The molecule has 1 atom stereocenters. The monoisotopic (exact) mass is 245 g/mol. The summed E-state index contributed by atoms with van der Waals surface area (Å²) in [6, 6.07) is 8.12. The number of benzene rings is 1. The molecule has 0 heterocycles. The second-order valence-corrected chi connectivity index (χ2v) is 4.73. The summed E-state index contributed by atoms with van der Waals surface area (Å²) in [5.74, 6) is 0.826. The van der Waals surface area contributed by atoms with Crippen LogP contribution in [0.5, 0.6) is 5.75 Å². The molecule has 0 unspecified atom stereocenters. The van der Waals surface area contributed by atoms with E-state index in [4.69, 9.17) is 10.00 Å². The molecule has 1 aromatic carbocycles. The predicted molar refractivity (Wildman–Crippen MR) is 69.3 cm³/mol. The molecule has 0 saturated carbocycles. The summed E-state index contributed by atoms with van der Waals surface area (Å²) in [6.07, 6.45) is 4.98. The Labute approximate surface area is 108 Å². The molecule has 96 valence electrons. The average molecular weight is 245 g/mol. The molecule has 3 heteroatoms. The molecule has 0 aliphatic heterocycles. The molecule has 1 aliphatic carbocycles. The van der Waals surface area contributed by atoms with Gasteiger partial charge in [0.15, 0.2) is 0 Å². The number of aliphatic hydroxyl groups excluding tert-OH is 1. The predicted octanol–water partition coefficient (Wildman–Crippen LogP) is 3.13. The summed E-state index contributed by atoms with van der Waals surface area (Å²) in [5, 5.41) is 18.4. The highest BCUT2D eigenvalue weighted by molar-refractivity contribution is 5.38. The number of ether oxygens (including phenoxy) is 1. The van der Waals surface area contributed by atoms with Crippen molar-refractivity contribution in [2.45, 2.75) is 44.6 Å². The van der Waals surface area contributed by atoms with Gasteiger partial charge in [-0.1, -0.05) is 6.07 Å². The van der Waals surface area contributed by atoms with E-state index < -0.39 is 0 Å². The molecular formula is C15H19NO2. The zero-order valence-corrected chi connectivity index (χ0v) is 10.6. The normalized spacial score (nSPS) is 17.9. The van der Waals surface area contributed by atoms with Crippen LogP contribution in [-0.2, 0) is 6.42 Å². The Balaban J connectivity index is 1.90. The highest BCUT2D eigenvalue weighted by Gasteiger charge is 2.18. The minimum atomic E-state index is -0.337. The van der Waals surface area contributed by atoms with Crippen molar-refractivity contribution in [3.8, 4) is 11.8 Å². The van der Waals surface area contributed by atoms with E-state index in [1.807, 2.05) is 12.1 Å². The fraction of sp³-hybridized carbons (Fsp3) is 0.533. The quantitative estimate of drug-likeness (QED) is 0.811. The number of hydrogen-bond acceptors (Lipinski definition) is 3. The molecule has 0 aromatic heterocycles. The number of aryl methyl sites for hydroxylation is 1. The Morgan fingerprint density at radius 2 is 2.28 bits per heavy atom. The van der Waals surface area contributed by atoms with Crippen molar-refractivity contribution in [3.63, 3.8) is 0 Å². The molecule has 0 amide bonds. The third kappa shape index (κ3) is 3.24. The van der Waals surface area contributed by atoms with E-state index in [1.54, 1.807) is 0 Å². The third-order valence-corrected chi connectivity index (χ3v) is 3.35. The van der Waals surface area contributed by atoms with Crippen LogP contribution in [0.1, 0.15) is 49.3 Å². The van der Waals surface area contributed by atoms with Crippen LogP contribution in [0.15, 0.2) is 18.2 Å². The maximum atomic E-state index is 9.94. The summed E-state index contributed by atoms with van der Waals surface area (Å²) in [7, 11) is 0. The van der Waals surface area contributed by atoms with Gasteiger partial charge in [-0.05, 0) is 55.4 Å². The van der Waals surface area contributed by atoms with Crippen LogP contribution < -0.4 is 4.74 Å². The lowest BCUT2D eigenvalue weighted by molar-refractivity contribution is 0.156. The van der Waals surface area contributed by atoms with Gasteiger partial charge in [0.25, 0.3) is 0 Å². The first-order valence-corrected chi connectivity index (χ1v) is 6.62. The second kappa shape index (κ2) is 6.42. The van der Waals surface area contributed by atoms with Crippen molar-refractivity contribution >= 4 is 0 Å². The van der Waals surface area contributed by atoms with Gasteiger partial charge in [-0.3, -0.25) is 0 Å². The van der Waals surface area contributed by atoms with Crippen molar-refractivity contribution in [1.82, 2.24) is 0 Å². The fourth-order valence-corrected chi connectivity index (χ4v) is 2.34. The summed E-state index contributed by atoms with van der Waals surface area (Å²) < 4.78 is 5.65. The number of hydrogen-bond donors (Lipinski definition) is 1. The first-order chi connectivity index (χ1) is 8.81. The summed E-state index contributed by atoms with van der Waals surface area (Å²) in [5.41, 5.74) is 2.27. The van der Waals surface area contributed by atoms with Crippen molar-refractivity contribution in [1.29, 1.82) is 5.26 Å². The molecule has 18 heavy (non-hydrogen) atoms. The van der Waals surface area contributed by atoms with Gasteiger partial charge in [0.1, 0.15) is 5.75 Å². The Morgan fingerprint density at radius 1 is 1.39 bits per heavy atom. The Hall–Kier alpha value is -1.53. The van der Waals surface area contributed by atoms with Crippen LogP contribution in [0.4, 0.5) is 0 Å². The zero-order chi connectivity index (χ0) is 12.8. The minimum Gasteiger partial charge on any atom is -0.494 e. The molecule has 0 spiro atoms. The van der Waals surface area contributed by atoms with E-state index in [2.05, 4.69) is 12.1 Å². The van der Waals surface area contributed by atoms with Crippen LogP contribution in [0.25, 0.3) is 0 Å². The van der Waals surface area contributed by atoms with Crippen molar-refractivity contribution < 1.29 is 9.84 Å². The summed E-state index contributed by atoms with van der Waals surface area (Å²) in [4.78, 5) is 0.